The van der Waals surface area contributed by atoms with Crippen molar-refractivity contribution in [3.63, 3.8) is 0 Å². The first-order valence-corrected chi connectivity index (χ1v) is 5.65. The van der Waals surface area contributed by atoms with Crippen molar-refractivity contribution >= 4 is 11.9 Å². The van der Waals surface area contributed by atoms with Crippen molar-refractivity contribution < 1.29 is 14.7 Å². The first-order valence-electron chi connectivity index (χ1n) is 5.65. The zero-order chi connectivity index (χ0) is 12.4. The highest BCUT2D eigenvalue weighted by Gasteiger charge is 2.26. The predicted octanol–water partition coefficient (Wildman–Crippen LogP) is 1.23. The lowest BCUT2D eigenvalue weighted by molar-refractivity contribution is 0.0695. The monoisotopic (exact) mass is 234 g/mol. The summed E-state index contributed by atoms with van der Waals surface area (Å²) in [6, 6.07) is 1.66. The summed E-state index contributed by atoms with van der Waals surface area (Å²) in [4.78, 5) is 26.9. The van der Waals surface area contributed by atoms with Gasteiger partial charge in [-0.05, 0) is 30.9 Å². The van der Waals surface area contributed by atoms with E-state index in [9.17, 15) is 9.59 Å². The Hall–Kier alpha value is -1.91. The van der Waals surface area contributed by atoms with Crippen molar-refractivity contribution in [1.29, 1.82) is 0 Å². The van der Waals surface area contributed by atoms with E-state index < -0.39 is 5.97 Å². The molecule has 1 aromatic rings. The van der Waals surface area contributed by atoms with Gasteiger partial charge in [0.15, 0.2) is 0 Å². The number of nitrogens with zero attached hydrogens (tertiary/aromatic N) is 1. The van der Waals surface area contributed by atoms with E-state index in [1.165, 1.54) is 12.3 Å². The van der Waals surface area contributed by atoms with E-state index in [1.807, 2.05) is 6.92 Å². The Morgan fingerprint density at radius 3 is 2.76 bits per heavy atom. The third-order valence-electron chi connectivity index (χ3n) is 2.77. The number of rotatable bonds is 4. The molecule has 17 heavy (non-hydrogen) atoms. The Kier molecular flexibility index (Phi) is 3.08. The summed E-state index contributed by atoms with van der Waals surface area (Å²) in [7, 11) is 0. The van der Waals surface area contributed by atoms with E-state index in [4.69, 9.17) is 5.11 Å². The van der Waals surface area contributed by atoms with Crippen LogP contribution in [0.2, 0.25) is 0 Å². The fourth-order valence-corrected chi connectivity index (χ4v) is 1.73. The van der Waals surface area contributed by atoms with Gasteiger partial charge in [0.1, 0.15) is 5.69 Å². The zero-order valence-electron chi connectivity index (χ0n) is 9.56. The minimum atomic E-state index is -1.02. The molecule has 0 unspecified atom stereocenters. The average molecular weight is 234 g/mol. The van der Waals surface area contributed by atoms with Crippen LogP contribution in [-0.4, -0.2) is 28.0 Å². The van der Waals surface area contributed by atoms with Crippen LogP contribution in [0.25, 0.3) is 0 Å². The normalized spacial score (nSPS) is 14.4. The number of pyridine rings is 1. The van der Waals surface area contributed by atoms with E-state index >= 15 is 0 Å². The van der Waals surface area contributed by atoms with Crippen LogP contribution in [0.15, 0.2) is 12.3 Å². The maximum Gasteiger partial charge on any atom is 0.336 e. The Morgan fingerprint density at radius 2 is 2.24 bits per heavy atom. The van der Waals surface area contributed by atoms with Crippen molar-refractivity contribution in [2.75, 3.05) is 0 Å². The van der Waals surface area contributed by atoms with Crippen molar-refractivity contribution in [1.82, 2.24) is 10.3 Å². The van der Waals surface area contributed by atoms with Gasteiger partial charge in [0.05, 0.1) is 5.56 Å². The fraction of sp³-hybridized carbons (Fsp3) is 0.417. The number of hydrogen-bond donors (Lipinski definition) is 2. The third kappa shape index (κ3) is 2.43. The molecule has 0 spiro atoms. The molecule has 1 aromatic heterocycles. The van der Waals surface area contributed by atoms with E-state index in [0.29, 0.717) is 12.0 Å². The Bertz CT molecular complexity index is 467. The molecule has 0 aliphatic heterocycles. The first-order chi connectivity index (χ1) is 8.13. The summed E-state index contributed by atoms with van der Waals surface area (Å²) in [5.74, 6) is -1.29. The van der Waals surface area contributed by atoms with Crippen LogP contribution in [-0.2, 0) is 6.42 Å². The van der Waals surface area contributed by atoms with Gasteiger partial charge in [0, 0.05) is 12.2 Å². The molecule has 90 valence electrons. The largest absolute Gasteiger partial charge is 0.478 e. The molecular weight excluding hydrogens is 220 g/mol. The number of carbonyl (C=O) groups excluding carboxylic acids is 1. The number of aromatic nitrogens is 1. The lowest BCUT2D eigenvalue weighted by Crippen LogP contribution is -2.28. The minimum absolute atomic E-state index is 0.156. The summed E-state index contributed by atoms with van der Waals surface area (Å²) in [6.07, 6.45) is 3.82. The zero-order valence-corrected chi connectivity index (χ0v) is 9.56. The Labute approximate surface area is 98.9 Å². The maximum atomic E-state index is 11.9. The standard InChI is InChI=1S/C12H14N2O3/c1-2-8-9(12(16)17)5-6-13-10(8)11(15)14-7-3-4-7/h5-7H,2-4H2,1H3,(H,14,15)(H,16,17). The van der Waals surface area contributed by atoms with Gasteiger partial charge < -0.3 is 10.4 Å². The smallest absolute Gasteiger partial charge is 0.336 e. The highest BCUT2D eigenvalue weighted by molar-refractivity contribution is 5.98. The second-order valence-corrected chi connectivity index (χ2v) is 4.09. The van der Waals surface area contributed by atoms with Crippen molar-refractivity contribution in [3.05, 3.63) is 29.1 Å². The molecule has 5 nitrogen and oxygen atoms in total. The molecule has 0 bridgehead atoms. The fourth-order valence-electron chi connectivity index (χ4n) is 1.73. The van der Waals surface area contributed by atoms with Crippen molar-refractivity contribution in [2.24, 2.45) is 0 Å². The van der Waals surface area contributed by atoms with E-state index in [-0.39, 0.29) is 23.2 Å². The molecule has 0 atom stereocenters. The van der Waals surface area contributed by atoms with E-state index in [1.54, 1.807) is 0 Å². The lowest BCUT2D eigenvalue weighted by Gasteiger charge is -2.09. The van der Waals surface area contributed by atoms with Crippen LogP contribution < -0.4 is 5.32 Å². The van der Waals surface area contributed by atoms with Gasteiger partial charge in [-0.2, -0.15) is 0 Å². The highest BCUT2D eigenvalue weighted by atomic mass is 16.4. The minimum Gasteiger partial charge on any atom is -0.478 e. The number of carboxylic acid groups (broad SMARTS) is 1. The first kappa shape index (κ1) is 11.6. The maximum absolute atomic E-state index is 11.9. The van der Waals surface area contributed by atoms with Crippen LogP contribution in [0.5, 0.6) is 0 Å². The lowest BCUT2D eigenvalue weighted by atomic mass is 10.0. The topological polar surface area (TPSA) is 79.3 Å². The summed E-state index contributed by atoms with van der Waals surface area (Å²) >= 11 is 0. The van der Waals surface area contributed by atoms with Crippen LogP contribution in [0.3, 0.4) is 0 Å². The molecule has 1 fully saturated rings. The second-order valence-electron chi connectivity index (χ2n) is 4.09. The molecule has 1 saturated carbocycles. The number of carboxylic acids is 1. The number of amides is 1. The van der Waals surface area contributed by atoms with E-state index in [0.717, 1.165) is 12.8 Å². The summed E-state index contributed by atoms with van der Waals surface area (Å²) in [5.41, 5.74) is 0.890. The third-order valence-corrected chi connectivity index (χ3v) is 2.77. The molecule has 2 N–H and O–H groups in total. The summed E-state index contributed by atoms with van der Waals surface area (Å²) in [6.45, 7) is 1.82. The van der Waals surface area contributed by atoms with Crippen molar-refractivity contribution in [3.8, 4) is 0 Å². The van der Waals surface area contributed by atoms with Gasteiger partial charge in [-0.15, -0.1) is 0 Å². The summed E-state index contributed by atoms with van der Waals surface area (Å²) < 4.78 is 0. The van der Waals surface area contributed by atoms with Crippen molar-refractivity contribution in [2.45, 2.75) is 32.2 Å². The molecular formula is C12H14N2O3. The molecule has 1 heterocycles. The molecule has 0 saturated heterocycles. The Balaban J connectivity index is 2.34. The molecule has 0 aromatic carbocycles. The highest BCUT2D eigenvalue weighted by Crippen LogP contribution is 2.20. The van der Waals surface area contributed by atoms with Gasteiger partial charge in [-0.1, -0.05) is 6.92 Å². The quantitative estimate of drug-likeness (QED) is 0.821. The number of aromatic carboxylic acids is 1. The molecule has 1 amide bonds. The number of carbonyl (C=O) groups is 2. The molecule has 2 rings (SSSR count). The summed E-state index contributed by atoms with van der Waals surface area (Å²) in [5, 5.41) is 11.9. The van der Waals surface area contributed by atoms with Crippen LogP contribution >= 0.6 is 0 Å². The predicted molar refractivity (Wildman–Crippen MR) is 61.1 cm³/mol. The Morgan fingerprint density at radius 1 is 1.53 bits per heavy atom. The number of hydrogen-bond acceptors (Lipinski definition) is 3. The van der Waals surface area contributed by atoms with Crippen LogP contribution in [0.4, 0.5) is 0 Å². The van der Waals surface area contributed by atoms with Gasteiger partial charge in [-0.25, -0.2) is 4.79 Å². The molecule has 5 heteroatoms. The van der Waals surface area contributed by atoms with Gasteiger partial charge >= 0.3 is 5.97 Å². The van der Waals surface area contributed by atoms with Gasteiger partial charge in [0.2, 0.25) is 0 Å². The number of nitrogens with one attached hydrogen (secondary N) is 1. The van der Waals surface area contributed by atoms with Gasteiger partial charge in [-0.3, -0.25) is 9.78 Å². The molecule has 0 radical (unpaired) electrons. The molecule has 1 aliphatic carbocycles. The van der Waals surface area contributed by atoms with Crippen LogP contribution in [0.1, 0.15) is 46.2 Å². The van der Waals surface area contributed by atoms with Crippen LogP contribution in [0, 0.1) is 0 Å². The van der Waals surface area contributed by atoms with E-state index in [2.05, 4.69) is 10.3 Å². The van der Waals surface area contributed by atoms with Gasteiger partial charge in [0.25, 0.3) is 5.91 Å². The second kappa shape index (κ2) is 4.53. The SMILES string of the molecule is CCc1c(C(=O)O)ccnc1C(=O)NC1CC1. The average Bonchev–Trinajstić information content (AvgIpc) is 3.11. The molecule has 1 aliphatic rings.